The number of hydrogen-bond donors (Lipinski definition) is 14. The lowest BCUT2D eigenvalue weighted by Gasteiger charge is -2.60. The van der Waals surface area contributed by atoms with Crippen LogP contribution in [0.1, 0.15) is 113 Å². The lowest BCUT2D eigenvalue weighted by molar-refractivity contribution is -0.398. The number of allylic oxidation sites excluding steroid dienone is 2. The van der Waals surface area contributed by atoms with Crippen molar-refractivity contribution < 1.29 is 136 Å². The van der Waals surface area contributed by atoms with Crippen LogP contribution < -0.4 is 0 Å². The van der Waals surface area contributed by atoms with Crippen LogP contribution in [0.25, 0.3) is 0 Å². The van der Waals surface area contributed by atoms with E-state index in [4.69, 9.17) is 51.6 Å². The third kappa shape index (κ3) is 13.5. The second-order valence-electron chi connectivity index (χ2n) is 26.7. The van der Waals surface area contributed by atoms with E-state index < -0.39 is 206 Å². The van der Waals surface area contributed by atoms with Crippen molar-refractivity contribution in [2.45, 2.75) is 278 Å². The van der Waals surface area contributed by atoms with Crippen molar-refractivity contribution in [3.63, 3.8) is 0 Å². The second kappa shape index (κ2) is 26.2. The van der Waals surface area contributed by atoms with Crippen molar-refractivity contribution in [2.75, 3.05) is 13.2 Å². The number of ketones is 1. The zero-order chi connectivity index (χ0) is 62.3. The van der Waals surface area contributed by atoms with Crippen molar-refractivity contribution in [3.8, 4) is 0 Å². The normalized spacial score (nSPS) is 51.3. The van der Waals surface area contributed by atoms with Crippen molar-refractivity contribution >= 4 is 16.2 Å². The molecule has 85 heavy (non-hydrogen) atoms. The Labute approximate surface area is 494 Å². The van der Waals surface area contributed by atoms with Crippen LogP contribution in [-0.2, 0) is 66.7 Å². The standard InChI is InChI=1S/C56H92O28S/c1-21(2)15-25(58)18-56(8,70)34-10-9-28-27-17-31(30-16-26(84-85(71,72)73)11-13-54(30,6)29(27)12-14-55(28,34)7)78-51-45(69)46(37(61)24(5)77-51)81-52-47(82-49-43(67)40(64)35(59)22(3)75-49)39(63)33(20-74-52)80-53-48(42(66)38(62)32(19-57)79-53)83-50-44(68)41(65)36(60)23(4)76-50/h12,21-24,26-28,30-53,57,59-70H,9-11,13-20H2,1-8H3,(H,71,72,73)/t22-,23-,24-,26+,27+,28+,30-,31+,32-,33-,34+,35-,36+,37-,38+,39+,40+,41+,42+,43-,44-,45-,46+,47-,48-,49+,50+,51+,52+,53+,54-,55+,56+/m1/s1. The Kier molecular flexibility index (Phi) is 20.8. The average molecular weight is 1250 g/mol. The van der Waals surface area contributed by atoms with Gasteiger partial charge in [-0.15, -0.1) is 0 Å². The predicted octanol–water partition coefficient (Wildman–Crippen LogP) is -2.68. The molecule has 33 atom stereocenters. The van der Waals surface area contributed by atoms with Gasteiger partial charge in [0.1, 0.15) is 103 Å². The van der Waals surface area contributed by atoms with Gasteiger partial charge in [0.25, 0.3) is 0 Å². The molecule has 4 aliphatic carbocycles. The lowest BCUT2D eigenvalue weighted by Crippen LogP contribution is -2.67. The van der Waals surface area contributed by atoms with Gasteiger partial charge in [-0.05, 0) is 113 Å². The summed E-state index contributed by atoms with van der Waals surface area (Å²) in [6, 6.07) is 0. The Balaban J connectivity index is 0.982. The number of carbonyl (C=O) groups is 1. The highest BCUT2D eigenvalue weighted by Gasteiger charge is 2.64. The molecule has 5 heterocycles. The van der Waals surface area contributed by atoms with E-state index in [-0.39, 0.29) is 48.7 Å². The highest BCUT2D eigenvalue weighted by atomic mass is 32.3. The van der Waals surface area contributed by atoms with Gasteiger partial charge in [0.15, 0.2) is 31.5 Å². The molecule has 28 nitrogen and oxygen atoms in total. The van der Waals surface area contributed by atoms with Crippen LogP contribution >= 0.6 is 0 Å². The molecule has 5 aliphatic heterocycles. The fourth-order valence-electron chi connectivity index (χ4n) is 15.8. The van der Waals surface area contributed by atoms with E-state index in [0.29, 0.717) is 32.1 Å². The van der Waals surface area contributed by atoms with E-state index in [0.717, 1.165) is 12.0 Å². The Morgan fingerprint density at radius 2 is 1.20 bits per heavy atom. The molecule has 0 aromatic carbocycles. The summed E-state index contributed by atoms with van der Waals surface area (Å²) in [7, 11) is -4.88. The van der Waals surface area contributed by atoms with Gasteiger partial charge in [-0.3, -0.25) is 9.35 Å². The minimum atomic E-state index is -4.88. The van der Waals surface area contributed by atoms with E-state index in [2.05, 4.69) is 19.9 Å². The van der Waals surface area contributed by atoms with Crippen molar-refractivity contribution in [1.82, 2.24) is 0 Å². The molecule has 0 amide bonds. The molecule has 5 saturated heterocycles. The molecule has 0 aromatic rings. The minimum Gasteiger partial charge on any atom is -0.394 e. The molecule has 0 radical (unpaired) electrons. The molecule has 8 fully saturated rings. The quantitative estimate of drug-likeness (QED) is 0.0491. The molecule has 14 N–H and O–H groups in total. The van der Waals surface area contributed by atoms with Crippen LogP contribution in [0.3, 0.4) is 0 Å². The Morgan fingerprint density at radius 1 is 0.647 bits per heavy atom. The van der Waals surface area contributed by atoms with E-state index in [1.165, 1.54) is 20.8 Å². The second-order valence-corrected chi connectivity index (χ2v) is 27.7. The fraction of sp³-hybridized carbons (Fsp3) is 0.946. The summed E-state index contributed by atoms with van der Waals surface area (Å²) < 4.78 is 100. The van der Waals surface area contributed by atoms with Gasteiger partial charge in [-0.1, -0.05) is 39.3 Å². The SMILES string of the molecule is CC(C)CC(=O)C[C@](C)(O)[C@H]1CC[C@H]2[C@@H]3C[C@H](O[C@@H]4O[C@H](C)[C@@H](O)[C@H](O[C@@H]5OC[C@@H](O[C@@H]6O[C@H](CO)[C@H](O)[C@H](O)[C@H]6O[C@@H]6O[C@H](C)[C@H](O)[C@H](O)[C@H]6O)[C@H](O)[C@H]5O[C@@H]5O[C@H](C)[C@@H](O)[C@H](O)[C@H]5O)[C@H]4O)[C@H]4C[C@@H](OS(=O)(=O)O)CC[C@]4(C)C3=CC[C@@]21C. The fourth-order valence-corrected chi connectivity index (χ4v) is 16.3. The summed E-state index contributed by atoms with van der Waals surface area (Å²) in [5.41, 5.74) is -1.26. The van der Waals surface area contributed by atoms with Gasteiger partial charge < -0.3 is 114 Å². The van der Waals surface area contributed by atoms with Crippen LogP contribution in [0.15, 0.2) is 11.6 Å². The number of aliphatic hydroxyl groups is 13. The van der Waals surface area contributed by atoms with Crippen molar-refractivity contribution in [1.29, 1.82) is 0 Å². The van der Waals surface area contributed by atoms with E-state index in [1.54, 1.807) is 6.92 Å². The average Bonchev–Trinajstić information content (AvgIpc) is 1.71. The summed E-state index contributed by atoms with van der Waals surface area (Å²) >= 11 is 0. The Morgan fingerprint density at radius 3 is 1.78 bits per heavy atom. The molecule has 29 heteroatoms. The maximum absolute atomic E-state index is 13.2. The number of carbonyl (C=O) groups excluding carboxylic acids is 1. The summed E-state index contributed by atoms with van der Waals surface area (Å²) in [6.45, 7) is 12.6. The molecule has 9 rings (SSSR count). The molecule has 0 unspecified atom stereocenters. The van der Waals surface area contributed by atoms with Gasteiger partial charge in [0.05, 0.1) is 49.3 Å². The molecule has 0 spiro atoms. The summed E-state index contributed by atoms with van der Waals surface area (Å²) in [5, 5.41) is 145. The van der Waals surface area contributed by atoms with Gasteiger partial charge in [-0.25, -0.2) is 4.18 Å². The van der Waals surface area contributed by atoms with Gasteiger partial charge in [0, 0.05) is 12.8 Å². The molecule has 0 bridgehead atoms. The molecular formula is C56H92O28S. The molecule has 0 aromatic heterocycles. The largest absolute Gasteiger partial charge is 0.397 e. The first-order valence-electron chi connectivity index (χ1n) is 29.9. The van der Waals surface area contributed by atoms with Gasteiger partial charge in [0.2, 0.25) is 0 Å². The summed E-state index contributed by atoms with van der Waals surface area (Å²) in [5.74, 6) is -0.799. The Hall–Kier alpha value is -1.64. The maximum atomic E-state index is 13.2. The first-order chi connectivity index (χ1) is 39.7. The highest BCUT2D eigenvalue weighted by molar-refractivity contribution is 7.80. The summed E-state index contributed by atoms with van der Waals surface area (Å²) in [4.78, 5) is 13.2. The first-order valence-corrected chi connectivity index (χ1v) is 31.3. The number of ether oxygens (including phenoxy) is 10. The van der Waals surface area contributed by atoms with Gasteiger partial charge in [-0.2, -0.15) is 8.42 Å². The Bertz CT molecular complexity index is 2420. The maximum Gasteiger partial charge on any atom is 0.397 e. The van der Waals surface area contributed by atoms with E-state index in [9.17, 15) is 84.1 Å². The first kappa shape index (κ1) is 67.7. The topological polar surface area (TPSA) is 436 Å². The van der Waals surface area contributed by atoms with Crippen molar-refractivity contribution in [2.24, 2.45) is 40.4 Å². The van der Waals surface area contributed by atoms with Crippen molar-refractivity contribution in [3.05, 3.63) is 11.6 Å². The highest BCUT2D eigenvalue weighted by Crippen LogP contribution is 2.67. The lowest BCUT2D eigenvalue weighted by atomic mass is 9.47. The number of Topliss-reactive ketones (excluding diaryl/α,β-unsaturated/α-hetero) is 1. The smallest absolute Gasteiger partial charge is 0.394 e. The minimum absolute atomic E-state index is 0.00462. The van der Waals surface area contributed by atoms with Crippen LogP contribution in [0.4, 0.5) is 0 Å². The van der Waals surface area contributed by atoms with Crippen LogP contribution in [0.2, 0.25) is 0 Å². The summed E-state index contributed by atoms with van der Waals surface area (Å²) in [6.07, 6.45) is -37.1. The number of rotatable bonds is 18. The molecular weight excluding hydrogens is 1150 g/mol. The number of hydrogen-bond acceptors (Lipinski definition) is 27. The zero-order valence-corrected chi connectivity index (χ0v) is 50.0. The monoisotopic (exact) mass is 1240 g/mol. The predicted molar refractivity (Wildman–Crippen MR) is 286 cm³/mol. The van der Waals surface area contributed by atoms with Crippen LogP contribution in [-0.4, -0.2) is 264 Å². The zero-order valence-electron chi connectivity index (χ0n) is 49.1. The molecule has 9 aliphatic rings. The van der Waals surface area contributed by atoms with Crippen LogP contribution in [0, 0.1) is 40.4 Å². The molecule has 490 valence electrons. The van der Waals surface area contributed by atoms with E-state index >= 15 is 0 Å². The molecule has 3 saturated carbocycles. The number of fused-ring (bicyclic) bond motifs is 5. The van der Waals surface area contributed by atoms with Gasteiger partial charge >= 0.3 is 10.4 Å². The number of aliphatic hydroxyl groups excluding tert-OH is 12. The van der Waals surface area contributed by atoms with E-state index in [1.807, 2.05) is 13.8 Å². The van der Waals surface area contributed by atoms with Crippen LogP contribution in [0.5, 0.6) is 0 Å². The third-order valence-electron chi connectivity index (χ3n) is 20.3. The third-order valence-corrected chi connectivity index (χ3v) is 20.8.